The lowest BCUT2D eigenvalue weighted by molar-refractivity contribution is 0.0649. The van der Waals surface area contributed by atoms with Crippen LogP contribution in [0, 0.1) is 22.7 Å². The molecule has 202 valence electrons. The molecule has 2 unspecified atom stereocenters. The number of carbonyl (C=O) groups is 2. The summed E-state index contributed by atoms with van der Waals surface area (Å²) in [7, 11) is 0. The molecule has 37 heavy (non-hydrogen) atoms. The Morgan fingerprint density at radius 3 is 1.73 bits per heavy atom. The van der Waals surface area contributed by atoms with Crippen LogP contribution in [0.25, 0.3) is 11.1 Å². The van der Waals surface area contributed by atoms with Gasteiger partial charge in [-0.1, -0.05) is 85.7 Å². The first kappa shape index (κ1) is 28.9. The van der Waals surface area contributed by atoms with E-state index in [9.17, 15) is 19.8 Å². The molecule has 0 radical (unpaired) electrons. The zero-order valence-electron chi connectivity index (χ0n) is 24.1. The smallest absolute Gasteiger partial charge is 0.336 e. The first-order valence-corrected chi connectivity index (χ1v) is 13.8. The maximum absolute atomic E-state index is 12.7. The molecule has 0 aromatic heterocycles. The van der Waals surface area contributed by atoms with Gasteiger partial charge in [0.2, 0.25) is 0 Å². The second-order valence-corrected chi connectivity index (χ2v) is 14.0. The zero-order chi connectivity index (χ0) is 27.8. The molecule has 0 spiro atoms. The van der Waals surface area contributed by atoms with Crippen molar-refractivity contribution < 1.29 is 19.8 Å². The Balaban J connectivity index is 2.20. The largest absolute Gasteiger partial charge is 0.478 e. The van der Waals surface area contributed by atoms with Crippen LogP contribution in [-0.2, 0) is 5.41 Å². The van der Waals surface area contributed by atoms with Gasteiger partial charge in [0.1, 0.15) is 0 Å². The standard InChI is InChI=1S/C33H46O4/c1-21(19-31(3,4)5)15-17-33(18-16-22(2)20-32(6,7)8)26-12-10-9-11-23(26)24-13-14-25(29(34)35)27(28(24)33)30(36)37/h9-14,21-22H,15-20H2,1-8H3,(H,34,35)(H,36,37). The van der Waals surface area contributed by atoms with Crippen LogP contribution in [0.3, 0.4) is 0 Å². The van der Waals surface area contributed by atoms with Crippen molar-refractivity contribution in [3.63, 3.8) is 0 Å². The maximum Gasteiger partial charge on any atom is 0.336 e. The fraction of sp³-hybridized carbons (Fsp3) is 0.576. The van der Waals surface area contributed by atoms with Gasteiger partial charge in [-0.15, -0.1) is 0 Å². The molecule has 0 aliphatic heterocycles. The number of benzene rings is 2. The minimum atomic E-state index is -1.19. The van der Waals surface area contributed by atoms with E-state index in [0.29, 0.717) is 17.4 Å². The van der Waals surface area contributed by atoms with Gasteiger partial charge in [0.05, 0.1) is 11.1 Å². The van der Waals surface area contributed by atoms with Crippen LogP contribution < -0.4 is 0 Å². The zero-order valence-corrected chi connectivity index (χ0v) is 24.1. The molecule has 2 aromatic carbocycles. The van der Waals surface area contributed by atoms with Crippen LogP contribution in [0.2, 0.25) is 0 Å². The fourth-order valence-corrected chi connectivity index (χ4v) is 6.92. The van der Waals surface area contributed by atoms with Crippen molar-refractivity contribution in [1.82, 2.24) is 0 Å². The second-order valence-electron chi connectivity index (χ2n) is 14.0. The number of carboxylic acids is 2. The molecule has 2 atom stereocenters. The summed E-state index contributed by atoms with van der Waals surface area (Å²) < 4.78 is 0. The number of hydrogen-bond acceptors (Lipinski definition) is 2. The van der Waals surface area contributed by atoms with Gasteiger partial charge in [0.15, 0.2) is 0 Å². The van der Waals surface area contributed by atoms with Crippen molar-refractivity contribution in [2.45, 2.75) is 99.3 Å². The maximum atomic E-state index is 12.7. The Kier molecular flexibility index (Phi) is 8.32. The van der Waals surface area contributed by atoms with E-state index in [4.69, 9.17) is 0 Å². The summed E-state index contributed by atoms with van der Waals surface area (Å²) in [6.07, 6.45) is 5.68. The molecular weight excluding hydrogens is 460 g/mol. The van der Waals surface area contributed by atoms with Crippen molar-refractivity contribution >= 4 is 11.9 Å². The summed E-state index contributed by atoms with van der Waals surface area (Å²) in [5.74, 6) is -1.41. The van der Waals surface area contributed by atoms with E-state index in [1.54, 1.807) is 0 Å². The Bertz CT molecular complexity index is 1120. The van der Waals surface area contributed by atoms with Gasteiger partial charge < -0.3 is 10.2 Å². The number of carboxylic acid groups (broad SMARTS) is 2. The molecule has 0 fully saturated rings. The number of hydrogen-bond donors (Lipinski definition) is 2. The van der Waals surface area contributed by atoms with E-state index in [2.05, 4.69) is 67.5 Å². The third-order valence-corrected chi connectivity index (χ3v) is 7.91. The quantitative estimate of drug-likeness (QED) is 0.337. The molecule has 4 heteroatoms. The Labute approximate surface area is 223 Å². The molecule has 2 aromatic rings. The van der Waals surface area contributed by atoms with E-state index in [1.807, 2.05) is 18.2 Å². The fourth-order valence-electron chi connectivity index (χ4n) is 6.92. The molecule has 1 aliphatic rings. The van der Waals surface area contributed by atoms with Gasteiger partial charge >= 0.3 is 11.9 Å². The summed E-state index contributed by atoms with van der Waals surface area (Å²) in [6, 6.07) is 11.6. The Morgan fingerprint density at radius 2 is 1.27 bits per heavy atom. The highest BCUT2D eigenvalue weighted by atomic mass is 16.4. The van der Waals surface area contributed by atoms with Crippen LogP contribution >= 0.6 is 0 Å². The van der Waals surface area contributed by atoms with E-state index in [0.717, 1.165) is 55.2 Å². The molecule has 0 bridgehead atoms. The molecule has 0 saturated carbocycles. The van der Waals surface area contributed by atoms with Gasteiger partial charge in [0, 0.05) is 5.41 Å². The highest BCUT2D eigenvalue weighted by molar-refractivity contribution is 6.06. The van der Waals surface area contributed by atoms with Crippen LogP contribution in [0.5, 0.6) is 0 Å². The minimum Gasteiger partial charge on any atom is -0.478 e. The number of aromatic carboxylic acids is 2. The monoisotopic (exact) mass is 506 g/mol. The molecule has 0 heterocycles. The van der Waals surface area contributed by atoms with Crippen molar-refractivity contribution in [2.75, 3.05) is 0 Å². The lowest BCUT2D eigenvalue weighted by Gasteiger charge is -2.36. The first-order valence-electron chi connectivity index (χ1n) is 13.8. The summed E-state index contributed by atoms with van der Waals surface area (Å²) in [4.78, 5) is 24.9. The average molecular weight is 507 g/mol. The molecule has 2 N–H and O–H groups in total. The average Bonchev–Trinajstić information content (AvgIpc) is 3.03. The van der Waals surface area contributed by atoms with Gasteiger partial charge in [-0.2, -0.15) is 0 Å². The molecule has 3 rings (SSSR count). The molecule has 0 amide bonds. The van der Waals surface area contributed by atoms with Crippen molar-refractivity contribution in [3.05, 3.63) is 58.7 Å². The van der Waals surface area contributed by atoms with E-state index >= 15 is 0 Å². The molecule has 1 aliphatic carbocycles. The third-order valence-electron chi connectivity index (χ3n) is 7.91. The van der Waals surface area contributed by atoms with Crippen LogP contribution in [-0.4, -0.2) is 22.2 Å². The van der Waals surface area contributed by atoms with Crippen LogP contribution in [0.1, 0.15) is 126 Å². The summed E-state index contributed by atoms with van der Waals surface area (Å²) in [5.41, 5.74) is 3.54. The second kappa shape index (κ2) is 10.6. The van der Waals surface area contributed by atoms with Crippen LogP contribution in [0.15, 0.2) is 36.4 Å². The Hall–Kier alpha value is -2.62. The number of fused-ring (bicyclic) bond motifs is 3. The van der Waals surface area contributed by atoms with Crippen molar-refractivity contribution in [2.24, 2.45) is 22.7 Å². The van der Waals surface area contributed by atoms with E-state index < -0.39 is 17.4 Å². The summed E-state index contributed by atoms with van der Waals surface area (Å²) in [6.45, 7) is 18.1. The predicted molar refractivity (Wildman–Crippen MR) is 152 cm³/mol. The predicted octanol–water partition coefficient (Wildman–Crippen LogP) is 9.05. The minimum absolute atomic E-state index is 0.0341. The van der Waals surface area contributed by atoms with Gasteiger partial charge in [-0.05, 0) is 89.5 Å². The molecule has 0 saturated heterocycles. The first-order chi connectivity index (χ1) is 17.1. The lowest BCUT2D eigenvalue weighted by Crippen LogP contribution is -2.30. The third kappa shape index (κ3) is 6.45. The van der Waals surface area contributed by atoms with Gasteiger partial charge in [-0.3, -0.25) is 0 Å². The van der Waals surface area contributed by atoms with Crippen molar-refractivity contribution in [1.29, 1.82) is 0 Å². The normalized spacial score (nSPS) is 18.7. The highest BCUT2D eigenvalue weighted by Gasteiger charge is 2.46. The van der Waals surface area contributed by atoms with E-state index in [1.165, 1.54) is 6.07 Å². The Morgan fingerprint density at radius 1 is 0.757 bits per heavy atom. The van der Waals surface area contributed by atoms with Crippen LogP contribution in [0.4, 0.5) is 0 Å². The van der Waals surface area contributed by atoms with Gasteiger partial charge in [0.25, 0.3) is 0 Å². The topological polar surface area (TPSA) is 74.6 Å². The van der Waals surface area contributed by atoms with Gasteiger partial charge in [-0.25, -0.2) is 9.59 Å². The van der Waals surface area contributed by atoms with E-state index in [-0.39, 0.29) is 22.0 Å². The number of rotatable bonds is 10. The highest BCUT2D eigenvalue weighted by Crippen LogP contribution is 2.56. The lowest BCUT2D eigenvalue weighted by atomic mass is 9.66. The summed E-state index contributed by atoms with van der Waals surface area (Å²) >= 11 is 0. The van der Waals surface area contributed by atoms with Crippen molar-refractivity contribution in [3.8, 4) is 11.1 Å². The molecule has 4 nitrogen and oxygen atoms in total. The molecular formula is C33H46O4. The SMILES string of the molecule is CC(CCC1(CCC(C)CC(C)(C)C)c2ccccc2-c2ccc(C(=O)O)c(C(=O)O)c21)CC(C)(C)C. The summed E-state index contributed by atoms with van der Waals surface area (Å²) in [5, 5.41) is 20.3.